The highest BCUT2D eigenvalue weighted by atomic mass is 32.2. The van der Waals surface area contributed by atoms with E-state index in [0.29, 0.717) is 5.52 Å². The highest BCUT2D eigenvalue weighted by Gasteiger charge is 2.37. The molecule has 0 spiro atoms. The van der Waals surface area contributed by atoms with Crippen LogP contribution in [0.4, 0.5) is 0 Å². The summed E-state index contributed by atoms with van der Waals surface area (Å²) in [5.41, 5.74) is 2.57. The van der Waals surface area contributed by atoms with Crippen LogP contribution in [0.3, 0.4) is 0 Å². The Morgan fingerprint density at radius 1 is 1.15 bits per heavy atom. The van der Waals surface area contributed by atoms with Gasteiger partial charge in [0.2, 0.25) is 11.8 Å². The van der Waals surface area contributed by atoms with Crippen molar-refractivity contribution in [3.8, 4) is 11.1 Å². The number of amides is 2. The number of hydrogen-bond donors (Lipinski definition) is 2. The lowest BCUT2D eigenvalue weighted by atomic mass is 10.1. The van der Waals surface area contributed by atoms with Crippen LogP contribution in [0.25, 0.3) is 21.3 Å². The Morgan fingerprint density at radius 2 is 1.91 bits per heavy atom. The minimum absolute atomic E-state index is 0.0443. The van der Waals surface area contributed by atoms with Crippen molar-refractivity contribution in [1.82, 2.24) is 15.6 Å². The summed E-state index contributed by atoms with van der Waals surface area (Å²) in [7, 11) is -2.53. The minimum Gasteiger partial charge on any atom is -0.384 e. The van der Waals surface area contributed by atoms with E-state index in [1.165, 1.54) is 7.11 Å². The summed E-state index contributed by atoms with van der Waals surface area (Å²) < 4.78 is 31.8. The second-order valence-corrected chi connectivity index (χ2v) is 11.2. The lowest BCUT2D eigenvalue weighted by Crippen LogP contribution is -2.41. The van der Waals surface area contributed by atoms with Gasteiger partial charge in [-0.25, -0.2) is 13.4 Å². The van der Waals surface area contributed by atoms with E-state index in [2.05, 4.69) is 15.6 Å². The van der Waals surface area contributed by atoms with Gasteiger partial charge in [-0.3, -0.25) is 9.59 Å². The van der Waals surface area contributed by atoms with E-state index in [-0.39, 0.29) is 35.9 Å². The van der Waals surface area contributed by atoms with Crippen molar-refractivity contribution >= 4 is 43.2 Å². The lowest BCUT2D eigenvalue weighted by molar-refractivity contribution is -0.126. The Labute approximate surface area is 196 Å². The standard InChI is InChI=1S/C23H25N3O5S2/c1-31-11-12-33(29,30)21(22(28)24-14-20(27)25-17-8-9-17)23-26-18-13-16(7-10-19(18)32-23)15-5-3-2-4-6-15/h2-7,10,13,17,21H,8-9,11-12,14H2,1H3,(H,24,28)(H,25,27). The fourth-order valence-corrected chi connectivity index (χ4v) is 6.30. The number of sulfone groups is 1. The molecule has 1 aromatic heterocycles. The molecule has 8 nitrogen and oxygen atoms in total. The van der Waals surface area contributed by atoms with Crippen molar-refractivity contribution in [2.45, 2.75) is 24.1 Å². The van der Waals surface area contributed by atoms with E-state index < -0.39 is 21.0 Å². The summed E-state index contributed by atoms with van der Waals surface area (Å²) in [4.78, 5) is 29.5. The number of nitrogens with zero attached hydrogens (tertiary/aromatic N) is 1. The average Bonchev–Trinajstić information content (AvgIpc) is 3.52. The second kappa shape index (κ2) is 9.98. The second-order valence-electron chi connectivity index (χ2n) is 7.90. The number of fused-ring (bicyclic) bond motifs is 1. The third-order valence-electron chi connectivity index (χ3n) is 5.27. The number of aromatic nitrogens is 1. The summed E-state index contributed by atoms with van der Waals surface area (Å²) in [6.45, 7) is -0.327. The molecule has 3 aromatic rings. The van der Waals surface area contributed by atoms with Crippen LogP contribution in [0.5, 0.6) is 0 Å². The van der Waals surface area contributed by atoms with E-state index in [4.69, 9.17) is 4.74 Å². The Kier molecular flexibility index (Phi) is 7.06. The van der Waals surface area contributed by atoms with Crippen LogP contribution >= 0.6 is 11.3 Å². The fraction of sp³-hybridized carbons (Fsp3) is 0.348. The number of nitrogens with one attached hydrogen (secondary N) is 2. The zero-order valence-electron chi connectivity index (χ0n) is 18.1. The van der Waals surface area contributed by atoms with Gasteiger partial charge in [-0.05, 0) is 36.1 Å². The van der Waals surface area contributed by atoms with Gasteiger partial charge in [0.25, 0.3) is 0 Å². The zero-order valence-corrected chi connectivity index (χ0v) is 19.7. The first-order valence-electron chi connectivity index (χ1n) is 10.6. The molecule has 2 aromatic carbocycles. The van der Waals surface area contributed by atoms with Crippen LogP contribution in [0.1, 0.15) is 23.1 Å². The predicted octanol–water partition coefficient (Wildman–Crippen LogP) is 2.46. The predicted molar refractivity (Wildman–Crippen MR) is 128 cm³/mol. The molecule has 1 heterocycles. The molecule has 2 N–H and O–H groups in total. The minimum atomic E-state index is -3.93. The maximum Gasteiger partial charge on any atom is 0.245 e. The topological polar surface area (TPSA) is 114 Å². The van der Waals surface area contributed by atoms with Crippen LogP contribution in [-0.4, -0.2) is 57.3 Å². The van der Waals surface area contributed by atoms with Crippen molar-refractivity contribution in [3.63, 3.8) is 0 Å². The summed E-state index contributed by atoms with van der Waals surface area (Å²) in [6, 6.07) is 15.6. The molecule has 1 saturated carbocycles. The number of carbonyl (C=O) groups excluding carboxylic acids is 2. The van der Waals surface area contributed by atoms with Gasteiger partial charge in [-0.15, -0.1) is 11.3 Å². The van der Waals surface area contributed by atoms with Crippen molar-refractivity contribution in [2.75, 3.05) is 26.0 Å². The molecule has 1 aliphatic rings. The maximum atomic E-state index is 13.1. The normalized spacial score (nSPS) is 14.7. The molecule has 0 radical (unpaired) electrons. The molecule has 33 heavy (non-hydrogen) atoms. The molecule has 1 aliphatic carbocycles. The summed E-state index contributed by atoms with van der Waals surface area (Å²) >= 11 is 1.16. The molecule has 0 saturated heterocycles. The van der Waals surface area contributed by atoms with E-state index >= 15 is 0 Å². The van der Waals surface area contributed by atoms with E-state index in [1.54, 1.807) is 0 Å². The number of methoxy groups -OCH3 is 1. The first kappa shape index (κ1) is 23.3. The SMILES string of the molecule is COCCS(=O)(=O)C(C(=O)NCC(=O)NC1CC1)c1nc2cc(-c3ccccc3)ccc2s1. The van der Waals surface area contributed by atoms with Gasteiger partial charge in [0, 0.05) is 13.2 Å². The molecule has 0 aliphatic heterocycles. The fourth-order valence-electron chi connectivity index (χ4n) is 3.38. The quantitative estimate of drug-likeness (QED) is 0.454. The zero-order chi connectivity index (χ0) is 23.4. The van der Waals surface area contributed by atoms with Gasteiger partial charge in [0.1, 0.15) is 5.01 Å². The largest absolute Gasteiger partial charge is 0.384 e. The molecule has 1 atom stereocenters. The smallest absolute Gasteiger partial charge is 0.245 e. The molecular formula is C23H25N3O5S2. The van der Waals surface area contributed by atoms with Gasteiger partial charge in [-0.1, -0.05) is 36.4 Å². The van der Waals surface area contributed by atoms with Crippen molar-refractivity contribution < 1.29 is 22.7 Å². The number of ether oxygens (including phenoxy) is 1. The number of thiazole rings is 1. The number of benzene rings is 2. The lowest BCUT2D eigenvalue weighted by Gasteiger charge is -2.15. The number of hydrogen-bond acceptors (Lipinski definition) is 7. The summed E-state index contributed by atoms with van der Waals surface area (Å²) in [5.74, 6) is -1.43. The van der Waals surface area contributed by atoms with E-state index in [0.717, 1.165) is 40.0 Å². The van der Waals surface area contributed by atoms with Gasteiger partial charge >= 0.3 is 0 Å². The van der Waals surface area contributed by atoms with Gasteiger partial charge in [-0.2, -0.15) is 0 Å². The number of rotatable bonds is 10. The van der Waals surface area contributed by atoms with Crippen LogP contribution in [-0.2, 0) is 24.2 Å². The summed E-state index contributed by atoms with van der Waals surface area (Å²) in [5, 5.41) is 3.90. The van der Waals surface area contributed by atoms with Crippen molar-refractivity contribution in [3.05, 3.63) is 53.5 Å². The molecule has 1 unspecified atom stereocenters. The molecule has 4 rings (SSSR count). The summed E-state index contributed by atoms with van der Waals surface area (Å²) in [6.07, 6.45) is 1.84. The monoisotopic (exact) mass is 487 g/mol. The van der Waals surface area contributed by atoms with Crippen LogP contribution in [0, 0.1) is 0 Å². The highest BCUT2D eigenvalue weighted by Crippen LogP contribution is 2.33. The first-order valence-corrected chi connectivity index (χ1v) is 13.1. The van der Waals surface area contributed by atoms with Crippen molar-refractivity contribution in [1.29, 1.82) is 0 Å². The van der Waals surface area contributed by atoms with E-state index in [9.17, 15) is 18.0 Å². The molecular weight excluding hydrogens is 462 g/mol. The van der Waals surface area contributed by atoms with Crippen LogP contribution in [0.2, 0.25) is 0 Å². The average molecular weight is 488 g/mol. The molecule has 0 bridgehead atoms. The Hall–Kier alpha value is -2.82. The molecule has 10 heteroatoms. The first-order chi connectivity index (χ1) is 15.9. The van der Waals surface area contributed by atoms with Crippen molar-refractivity contribution in [2.24, 2.45) is 0 Å². The highest BCUT2D eigenvalue weighted by molar-refractivity contribution is 7.92. The van der Waals surface area contributed by atoms with E-state index in [1.807, 2.05) is 48.5 Å². The van der Waals surface area contributed by atoms with Gasteiger partial charge in [0.15, 0.2) is 15.1 Å². The molecule has 174 valence electrons. The number of carbonyl (C=O) groups is 2. The van der Waals surface area contributed by atoms with Gasteiger partial charge < -0.3 is 15.4 Å². The molecule has 1 fully saturated rings. The third kappa shape index (κ3) is 5.76. The van der Waals surface area contributed by atoms with Crippen LogP contribution < -0.4 is 10.6 Å². The third-order valence-corrected chi connectivity index (χ3v) is 8.41. The van der Waals surface area contributed by atoms with Gasteiger partial charge in [0.05, 0.1) is 29.1 Å². The van der Waals surface area contributed by atoms with Crippen LogP contribution in [0.15, 0.2) is 48.5 Å². The Bertz CT molecular complexity index is 1250. The molecule has 2 amide bonds. The maximum absolute atomic E-state index is 13.1. The Morgan fingerprint density at radius 3 is 2.61 bits per heavy atom. The Balaban J connectivity index is 1.62.